The zero-order valence-electron chi connectivity index (χ0n) is 14.4. The van der Waals surface area contributed by atoms with Crippen LogP contribution in [0.15, 0.2) is 12.7 Å². The number of nitrogens with one attached hydrogen (secondary N) is 2. The number of hydrogen-bond donors (Lipinski definition) is 2. The summed E-state index contributed by atoms with van der Waals surface area (Å²) in [6.45, 7) is 5.80. The second-order valence-corrected chi connectivity index (χ2v) is 8.40. The van der Waals surface area contributed by atoms with E-state index < -0.39 is 29.5 Å². The minimum atomic E-state index is -0.717. The Morgan fingerprint density at radius 1 is 0.852 bits per heavy atom. The molecule has 144 valence electrons. The van der Waals surface area contributed by atoms with Crippen LogP contribution >= 0.6 is 67.8 Å². The number of likely N-dealkylation sites (N-methyl/N-ethyl adjacent to an activating group) is 1. The van der Waals surface area contributed by atoms with Gasteiger partial charge >= 0.3 is 0 Å². The number of hydrogen-bond acceptors (Lipinski definition) is 5. The highest BCUT2D eigenvalue weighted by atomic mass is 127. The third-order valence-corrected chi connectivity index (χ3v) is 6.35. The van der Waals surface area contributed by atoms with Gasteiger partial charge in [0.2, 0.25) is 17.7 Å². The number of carbonyl (C=O) groups is 5. The first-order valence-electron chi connectivity index (χ1n) is 7.18. The van der Waals surface area contributed by atoms with Crippen LogP contribution in [0.3, 0.4) is 0 Å². The lowest BCUT2D eigenvalue weighted by atomic mass is 10.1. The van der Waals surface area contributed by atoms with Crippen molar-refractivity contribution in [3.8, 4) is 0 Å². The molecule has 0 saturated heterocycles. The van der Waals surface area contributed by atoms with Crippen molar-refractivity contribution in [2.45, 2.75) is 13.8 Å². The van der Waals surface area contributed by atoms with Crippen LogP contribution in [0.1, 0.15) is 34.6 Å². The molecule has 2 N–H and O–H groups in total. The molecule has 0 unspecified atom stereocenters. The normalized spacial score (nSPS) is 10.0. The molecule has 0 saturated carbocycles. The fourth-order valence-electron chi connectivity index (χ4n) is 2.04. The molecule has 0 aliphatic rings. The van der Waals surface area contributed by atoms with Crippen molar-refractivity contribution in [1.29, 1.82) is 0 Å². The minimum Gasteiger partial charge on any atom is -0.310 e. The third kappa shape index (κ3) is 5.46. The van der Waals surface area contributed by atoms with Crippen LogP contribution in [0.5, 0.6) is 0 Å². The molecule has 0 radical (unpaired) electrons. The molecule has 0 spiro atoms. The van der Waals surface area contributed by atoms with E-state index in [0.717, 1.165) is 6.08 Å². The summed E-state index contributed by atoms with van der Waals surface area (Å²) in [6.07, 6.45) is 1.09. The van der Waals surface area contributed by atoms with Crippen LogP contribution in [0.2, 0.25) is 0 Å². The predicted octanol–water partition coefficient (Wildman–Crippen LogP) is 2.20. The lowest BCUT2D eigenvalue weighted by molar-refractivity contribution is -0.119. The molecule has 0 aromatic heterocycles. The van der Waals surface area contributed by atoms with E-state index in [9.17, 15) is 24.0 Å². The maximum atomic E-state index is 12.6. The summed E-state index contributed by atoms with van der Waals surface area (Å²) < 4.78 is 0.997. The summed E-state index contributed by atoms with van der Waals surface area (Å²) in [4.78, 5) is 61.1. The number of imide groups is 2. The number of carbonyl (C=O) groups excluding carboxylic acids is 5. The molecule has 27 heavy (non-hydrogen) atoms. The molecule has 11 heteroatoms. The van der Waals surface area contributed by atoms with Crippen LogP contribution in [0.25, 0.3) is 0 Å². The molecule has 0 bridgehead atoms. The highest BCUT2D eigenvalue weighted by Gasteiger charge is 2.30. The summed E-state index contributed by atoms with van der Waals surface area (Å²) in [7, 11) is 1.47. The summed E-state index contributed by atoms with van der Waals surface area (Å²) in [5, 5.41) is 4.33. The van der Waals surface area contributed by atoms with Crippen LogP contribution in [-0.4, -0.2) is 36.6 Å². The van der Waals surface area contributed by atoms with Crippen molar-refractivity contribution in [2.75, 3.05) is 11.9 Å². The highest BCUT2D eigenvalue weighted by molar-refractivity contribution is 14.1. The molecule has 0 atom stereocenters. The Hall–Kier alpha value is -1.10. The van der Waals surface area contributed by atoms with E-state index in [-0.39, 0.29) is 14.7 Å². The smallest absolute Gasteiger partial charge is 0.260 e. The van der Waals surface area contributed by atoms with E-state index in [4.69, 9.17) is 0 Å². The second-order valence-electron chi connectivity index (χ2n) is 5.16. The minimum absolute atomic E-state index is 0.0548. The van der Waals surface area contributed by atoms with E-state index in [1.165, 1.54) is 25.8 Å². The fourth-order valence-corrected chi connectivity index (χ4v) is 6.91. The number of halogens is 3. The van der Waals surface area contributed by atoms with Gasteiger partial charge < -0.3 is 4.90 Å². The summed E-state index contributed by atoms with van der Waals surface area (Å²) >= 11 is 5.56. The first-order chi connectivity index (χ1) is 12.4. The number of nitrogens with zero attached hydrogens (tertiary/aromatic N) is 1. The zero-order valence-corrected chi connectivity index (χ0v) is 20.9. The van der Waals surface area contributed by atoms with Gasteiger partial charge in [0, 0.05) is 24.5 Å². The van der Waals surface area contributed by atoms with Crippen LogP contribution < -0.4 is 15.5 Å². The van der Waals surface area contributed by atoms with Gasteiger partial charge in [0.15, 0.2) is 0 Å². The monoisotopic (exact) mass is 709 g/mol. The van der Waals surface area contributed by atoms with Gasteiger partial charge in [-0.25, -0.2) is 0 Å². The van der Waals surface area contributed by atoms with Gasteiger partial charge in [0.25, 0.3) is 11.8 Å². The van der Waals surface area contributed by atoms with Crippen molar-refractivity contribution >= 4 is 103 Å². The topological polar surface area (TPSA) is 113 Å². The Kier molecular flexibility index (Phi) is 8.78. The van der Waals surface area contributed by atoms with Crippen molar-refractivity contribution in [2.24, 2.45) is 0 Å². The largest absolute Gasteiger partial charge is 0.310 e. The molecular weight excluding hydrogens is 695 g/mol. The Morgan fingerprint density at radius 3 is 1.52 bits per heavy atom. The number of rotatable bonds is 4. The van der Waals surface area contributed by atoms with Crippen LogP contribution in [0.4, 0.5) is 5.69 Å². The van der Waals surface area contributed by atoms with E-state index in [1.54, 1.807) is 22.6 Å². The van der Waals surface area contributed by atoms with Gasteiger partial charge in [-0.05, 0) is 73.8 Å². The highest BCUT2D eigenvalue weighted by Crippen LogP contribution is 2.37. The molecule has 5 amide bonds. The Labute approximate surface area is 196 Å². The molecule has 0 aliphatic carbocycles. The van der Waals surface area contributed by atoms with E-state index in [1.807, 2.05) is 45.2 Å². The predicted molar refractivity (Wildman–Crippen MR) is 124 cm³/mol. The molecule has 8 nitrogen and oxygen atoms in total. The molecule has 1 rings (SSSR count). The van der Waals surface area contributed by atoms with Crippen molar-refractivity contribution in [3.63, 3.8) is 0 Å². The lowest BCUT2D eigenvalue weighted by Gasteiger charge is -2.24. The lowest BCUT2D eigenvalue weighted by Crippen LogP contribution is -2.35. The first kappa shape index (κ1) is 23.9. The average molecular weight is 709 g/mol. The third-order valence-electron chi connectivity index (χ3n) is 3.17. The number of benzene rings is 1. The second kappa shape index (κ2) is 9.90. The van der Waals surface area contributed by atoms with Gasteiger partial charge in [-0.15, -0.1) is 0 Å². The Balaban J connectivity index is 3.88. The molecule has 0 aliphatic heterocycles. The van der Waals surface area contributed by atoms with Crippen LogP contribution in [-0.2, 0) is 14.4 Å². The van der Waals surface area contributed by atoms with E-state index in [2.05, 4.69) is 17.2 Å². The van der Waals surface area contributed by atoms with Gasteiger partial charge in [-0.3, -0.25) is 34.6 Å². The molecule has 0 heterocycles. The maximum absolute atomic E-state index is 12.6. The summed E-state index contributed by atoms with van der Waals surface area (Å²) in [5.41, 5.74) is 0.405. The van der Waals surface area contributed by atoms with Gasteiger partial charge in [-0.2, -0.15) is 0 Å². The Bertz CT molecular complexity index is 828. The van der Waals surface area contributed by atoms with Gasteiger partial charge in [0.1, 0.15) is 0 Å². The summed E-state index contributed by atoms with van der Waals surface area (Å²) in [6, 6.07) is 0. The zero-order chi connectivity index (χ0) is 21.0. The number of anilines is 1. The fraction of sp³-hybridized carbons (Fsp3) is 0.188. The first-order valence-corrected chi connectivity index (χ1v) is 10.4. The molecular formula is C16H14I3N3O5. The van der Waals surface area contributed by atoms with E-state index >= 15 is 0 Å². The van der Waals surface area contributed by atoms with Crippen molar-refractivity contribution in [1.82, 2.24) is 10.6 Å². The van der Waals surface area contributed by atoms with Gasteiger partial charge in [-0.1, -0.05) is 6.58 Å². The molecule has 1 aromatic carbocycles. The molecule has 1 aromatic rings. The SMILES string of the molecule is C=CC(=O)N(C)c1c(I)c(C(=O)NC(C)=O)c(I)c(C(=O)NC(C)=O)c1I. The maximum Gasteiger partial charge on any atom is 0.260 e. The number of amides is 5. The van der Waals surface area contributed by atoms with Crippen molar-refractivity contribution < 1.29 is 24.0 Å². The Morgan fingerprint density at radius 2 is 1.22 bits per heavy atom. The summed E-state index contributed by atoms with van der Waals surface area (Å²) in [5.74, 6) is -3.03. The van der Waals surface area contributed by atoms with Gasteiger partial charge in [0.05, 0.1) is 24.0 Å². The quantitative estimate of drug-likeness (QED) is 0.368. The average Bonchev–Trinajstić information content (AvgIpc) is 2.52. The van der Waals surface area contributed by atoms with Crippen LogP contribution in [0, 0.1) is 10.7 Å². The molecule has 0 fully saturated rings. The van der Waals surface area contributed by atoms with Crippen molar-refractivity contribution in [3.05, 3.63) is 34.5 Å². The standard InChI is InChI=1S/C16H14I3N3O5/c1-5-8(25)22(4)14-12(18)9(15(26)20-6(2)23)11(17)10(13(14)19)16(27)21-7(3)24/h5H,1H2,2-4H3,(H,20,23,26)(H,21,24,27). The van der Waals surface area contributed by atoms with E-state index in [0.29, 0.717) is 12.8 Å².